The number of ether oxygens (including phenoxy) is 1. The van der Waals surface area contributed by atoms with Crippen LogP contribution in [0, 0.1) is 0 Å². The molecule has 0 saturated heterocycles. The van der Waals surface area contributed by atoms with Crippen LogP contribution < -0.4 is 15.4 Å². The van der Waals surface area contributed by atoms with E-state index < -0.39 is 0 Å². The molecule has 0 heterocycles. The van der Waals surface area contributed by atoms with Crippen LogP contribution in [0.2, 0.25) is 0 Å². The summed E-state index contributed by atoms with van der Waals surface area (Å²) in [7, 11) is 1.58. The fraction of sp³-hybridized carbons (Fsp3) is 0.462. The number of methoxy groups -OCH3 is 1. The number of hydrogen-bond acceptors (Lipinski definition) is 2. The molecular formula is C13H20N2O2. The number of carbonyl (C=O) groups excluding carboxylic acids is 1. The number of urea groups is 1. The monoisotopic (exact) mass is 236 g/mol. The molecule has 0 fully saturated rings. The first-order chi connectivity index (χ1) is 8.17. The summed E-state index contributed by atoms with van der Waals surface area (Å²) in [6.07, 6.45) is 2.02. The van der Waals surface area contributed by atoms with Crippen molar-refractivity contribution in [2.75, 3.05) is 12.4 Å². The molecule has 0 aliphatic carbocycles. The second-order valence-electron chi connectivity index (χ2n) is 3.99. The van der Waals surface area contributed by atoms with E-state index in [1.807, 2.05) is 31.2 Å². The minimum Gasteiger partial charge on any atom is -0.495 e. The maximum Gasteiger partial charge on any atom is 0.319 e. The predicted octanol–water partition coefficient (Wildman–Crippen LogP) is 3.01. The Morgan fingerprint density at radius 3 is 2.76 bits per heavy atom. The number of nitrogens with one attached hydrogen (secondary N) is 2. The average Bonchev–Trinajstić information content (AvgIpc) is 2.29. The van der Waals surface area contributed by atoms with Crippen LogP contribution in [0.3, 0.4) is 0 Å². The summed E-state index contributed by atoms with van der Waals surface area (Å²) in [5, 5.41) is 5.65. The standard InChI is InChI=1S/C13H20N2O2/c1-4-7-10(2)14-13(16)15-11-8-5-6-9-12(11)17-3/h5-6,8-10H,4,7H2,1-3H3,(H2,14,15,16). The fourth-order valence-electron chi connectivity index (χ4n) is 1.64. The van der Waals surface area contributed by atoms with Gasteiger partial charge in [0.05, 0.1) is 12.8 Å². The molecule has 0 spiro atoms. The van der Waals surface area contributed by atoms with E-state index in [1.165, 1.54) is 0 Å². The topological polar surface area (TPSA) is 50.4 Å². The quantitative estimate of drug-likeness (QED) is 0.825. The van der Waals surface area contributed by atoms with Gasteiger partial charge in [-0.25, -0.2) is 4.79 Å². The summed E-state index contributed by atoms with van der Waals surface area (Å²) in [6.45, 7) is 4.08. The highest BCUT2D eigenvalue weighted by atomic mass is 16.5. The molecule has 0 radical (unpaired) electrons. The van der Waals surface area contributed by atoms with Crippen LogP contribution in [0.25, 0.3) is 0 Å². The maximum atomic E-state index is 11.7. The molecule has 2 amide bonds. The van der Waals surface area contributed by atoms with E-state index in [1.54, 1.807) is 7.11 Å². The van der Waals surface area contributed by atoms with Gasteiger partial charge in [-0.3, -0.25) is 0 Å². The zero-order valence-electron chi connectivity index (χ0n) is 10.6. The van der Waals surface area contributed by atoms with Gasteiger partial charge in [0, 0.05) is 6.04 Å². The smallest absolute Gasteiger partial charge is 0.319 e. The molecule has 0 saturated carbocycles. The molecule has 0 aromatic heterocycles. The third kappa shape index (κ3) is 4.34. The minimum atomic E-state index is -0.199. The van der Waals surface area contributed by atoms with E-state index >= 15 is 0 Å². The van der Waals surface area contributed by atoms with Crippen molar-refractivity contribution in [3.8, 4) is 5.75 Å². The van der Waals surface area contributed by atoms with Gasteiger partial charge < -0.3 is 15.4 Å². The number of benzene rings is 1. The second kappa shape index (κ2) is 6.78. The van der Waals surface area contributed by atoms with E-state index in [-0.39, 0.29) is 12.1 Å². The van der Waals surface area contributed by atoms with Gasteiger partial charge >= 0.3 is 6.03 Å². The Hall–Kier alpha value is -1.71. The lowest BCUT2D eigenvalue weighted by Gasteiger charge is -2.15. The van der Waals surface area contributed by atoms with Crippen LogP contribution in [-0.4, -0.2) is 19.2 Å². The second-order valence-corrected chi connectivity index (χ2v) is 3.99. The van der Waals surface area contributed by atoms with E-state index in [2.05, 4.69) is 17.6 Å². The van der Waals surface area contributed by atoms with E-state index in [0.717, 1.165) is 12.8 Å². The molecule has 1 unspecified atom stereocenters. The molecule has 1 aromatic carbocycles. The molecule has 0 bridgehead atoms. The van der Waals surface area contributed by atoms with Crippen molar-refractivity contribution >= 4 is 11.7 Å². The van der Waals surface area contributed by atoms with E-state index in [0.29, 0.717) is 11.4 Å². The number of para-hydroxylation sites is 2. The SMILES string of the molecule is CCCC(C)NC(=O)Nc1ccccc1OC. The number of hydrogen-bond donors (Lipinski definition) is 2. The van der Waals surface area contributed by atoms with Gasteiger partial charge in [0.2, 0.25) is 0 Å². The van der Waals surface area contributed by atoms with Gasteiger partial charge in [0.1, 0.15) is 5.75 Å². The number of rotatable bonds is 5. The van der Waals surface area contributed by atoms with Crippen LogP contribution in [0.5, 0.6) is 5.75 Å². The van der Waals surface area contributed by atoms with Crippen molar-refractivity contribution in [3.05, 3.63) is 24.3 Å². The molecule has 1 rings (SSSR count). The van der Waals surface area contributed by atoms with E-state index in [9.17, 15) is 4.79 Å². The van der Waals surface area contributed by atoms with Gasteiger partial charge in [0.25, 0.3) is 0 Å². The normalized spacial score (nSPS) is 11.7. The van der Waals surface area contributed by atoms with Crippen LogP contribution >= 0.6 is 0 Å². The molecule has 0 aliphatic heterocycles. The van der Waals surface area contributed by atoms with Crippen LogP contribution in [0.15, 0.2) is 24.3 Å². The molecule has 2 N–H and O–H groups in total. The number of carbonyl (C=O) groups is 1. The predicted molar refractivity (Wildman–Crippen MR) is 69.5 cm³/mol. The van der Waals surface area contributed by atoms with Gasteiger partial charge in [-0.1, -0.05) is 25.5 Å². The highest BCUT2D eigenvalue weighted by molar-refractivity contribution is 5.91. The Labute approximate surface area is 102 Å². The van der Waals surface area contributed by atoms with Crippen molar-refractivity contribution in [1.82, 2.24) is 5.32 Å². The van der Waals surface area contributed by atoms with E-state index in [4.69, 9.17) is 4.74 Å². The Bertz CT molecular complexity index is 366. The van der Waals surface area contributed by atoms with Crippen LogP contribution in [0.4, 0.5) is 10.5 Å². The summed E-state index contributed by atoms with van der Waals surface area (Å²) >= 11 is 0. The number of anilines is 1. The molecule has 4 heteroatoms. The van der Waals surface area contributed by atoms with Gasteiger partial charge in [-0.05, 0) is 25.5 Å². The molecule has 94 valence electrons. The Morgan fingerprint density at radius 1 is 1.41 bits per heavy atom. The lowest BCUT2D eigenvalue weighted by atomic mass is 10.2. The first kappa shape index (κ1) is 13.4. The highest BCUT2D eigenvalue weighted by Gasteiger charge is 2.08. The Balaban J connectivity index is 2.55. The third-order valence-corrected chi connectivity index (χ3v) is 2.45. The summed E-state index contributed by atoms with van der Waals surface area (Å²) in [5.74, 6) is 0.658. The third-order valence-electron chi connectivity index (χ3n) is 2.45. The van der Waals surface area contributed by atoms with Gasteiger partial charge in [-0.15, -0.1) is 0 Å². The fourth-order valence-corrected chi connectivity index (χ4v) is 1.64. The van der Waals surface area contributed by atoms with Crippen molar-refractivity contribution in [2.45, 2.75) is 32.7 Å². The van der Waals surface area contributed by atoms with Gasteiger partial charge in [-0.2, -0.15) is 0 Å². The van der Waals surface area contributed by atoms with Crippen LogP contribution in [-0.2, 0) is 0 Å². The Kier molecular flexibility index (Phi) is 5.33. The first-order valence-corrected chi connectivity index (χ1v) is 5.88. The molecule has 17 heavy (non-hydrogen) atoms. The molecule has 4 nitrogen and oxygen atoms in total. The highest BCUT2D eigenvalue weighted by Crippen LogP contribution is 2.22. The number of amides is 2. The molecule has 1 aromatic rings. The van der Waals surface area contributed by atoms with Crippen molar-refractivity contribution in [3.63, 3.8) is 0 Å². The average molecular weight is 236 g/mol. The largest absolute Gasteiger partial charge is 0.495 e. The summed E-state index contributed by atoms with van der Waals surface area (Å²) in [4.78, 5) is 11.7. The molecular weight excluding hydrogens is 216 g/mol. The van der Waals surface area contributed by atoms with Crippen molar-refractivity contribution in [1.29, 1.82) is 0 Å². The van der Waals surface area contributed by atoms with Crippen molar-refractivity contribution < 1.29 is 9.53 Å². The first-order valence-electron chi connectivity index (χ1n) is 5.88. The molecule has 0 aliphatic rings. The van der Waals surface area contributed by atoms with Crippen molar-refractivity contribution in [2.24, 2.45) is 0 Å². The molecule has 1 atom stereocenters. The van der Waals surface area contributed by atoms with Crippen LogP contribution in [0.1, 0.15) is 26.7 Å². The maximum absolute atomic E-state index is 11.7. The minimum absolute atomic E-state index is 0.176. The zero-order valence-corrected chi connectivity index (χ0v) is 10.6. The lowest BCUT2D eigenvalue weighted by molar-refractivity contribution is 0.248. The lowest BCUT2D eigenvalue weighted by Crippen LogP contribution is -2.36. The Morgan fingerprint density at radius 2 is 2.12 bits per heavy atom. The van der Waals surface area contributed by atoms with Gasteiger partial charge in [0.15, 0.2) is 0 Å². The zero-order chi connectivity index (χ0) is 12.7. The summed E-state index contributed by atoms with van der Waals surface area (Å²) < 4.78 is 5.16. The summed E-state index contributed by atoms with van der Waals surface area (Å²) in [5.41, 5.74) is 0.677. The summed E-state index contributed by atoms with van der Waals surface area (Å²) in [6, 6.07) is 7.31.